The maximum absolute atomic E-state index is 11.9. The Labute approximate surface area is 204 Å². The third kappa shape index (κ3) is 7.17. The normalized spacial score (nSPS) is 12.1. The first-order chi connectivity index (χ1) is 16.7. The zero-order valence-electron chi connectivity index (χ0n) is 18.0. The molecule has 5 nitrogen and oxygen atoms in total. The second kappa shape index (κ2) is 11.7. The molecule has 0 unspecified atom stereocenters. The molecule has 0 aliphatic rings. The number of rotatable bonds is 5. The summed E-state index contributed by atoms with van der Waals surface area (Å²) in [5, 5.41) is 11.0. The number of pyridine rings is 1. The van der Waals surface area contributed by atoms with Crippen molar-refractivity contribution in [2.45, 2.75) is 20.2 Å². The van der Waals surface area contributed by atoms with E-state index in [0.29, 0.717) is 0 Å². The molecule has 0 aliphatic heterocycles. The number of halogens is 3. The van der Waals surface area contributed by atoms with E-state index in [4.69, 9.17) is 0 Å². The maximum atomic E-state index is 11.9. The molecule has 180 valence electrons. The van der Waals surface area contributed by atoms with Gasteiger partial charge >= 0.3 is 15.5 Å². The highest BCUT2D eigenvalue weighted by molar-refractivity contribution is 7.97. The highest BCUT2D eigenvalue weighted by atomic mass is 32.2. The molecular formula is C25H19F3N2O3S2. The van der Waals surface area contributed by atoms with Gasteiger partial charge in [0.2, 0.25) is 0 Å². The minimum atomic E-state index is -5.80. The number of alkyl halides is 3. The molecule has 35 heavy (non-hydrogen) atoms. The lowest BCUT2D eigenvalue weighted by Crippen LogP contribution is -2.27. The van der Waals surface area contributed by atoms with Gasteiger partial charge < -0.3 is 5.11 Å². The Morgan fingerprint density at radius 1 is 0.743 bits per heavy atom. The van der Waals surface area contributed by atoms with Gasteiger partial charge in [-0.2, -0.15) is 26.0 Å². The number of nitrogens with zero attached hydrogens (tertiary/aromatic N) is 2. The summed E-state index contributed by atoms with van der Waals surface area (Å²) >= 11 is 0. The minimum absolute atomic E-state index is 0.0146. The summed E-state index contributed by atoms with van der Waals surface area (Å²) < 4.78 is 58.7. The molecule has 3 aromatic carbocycles. The van der Waals surface area contributed by atoms with Crippen molar-refractivity contribution < 1.29 is 26.7 Å². The summed E-state index contributed by atoms with van der Waals surface area (Å²) in [5.74, 6) is -1.51. The molecule has 0 amide bonds. The van der Waals surface area contributed by atoms with Gasteiger partial charge in [0.1, 0.15) is 0 Å². The van der Waals surface area contributed by atoms with Gasteiger partial charge in [-0.05, 0) is 42.5 Å². The second-order valence-electron chi connectivity index (χ2n) is 6.80. The van der Waals surface area contributed by atoms with Crippen LogP contribution in [-0.4, -0.2) is 24.8 Å². The van der Waals surface area contributed by atoms with Gasteiger partial charge in [-0.3, -0.25) is 4.98 Å². The van der Waals surface area contributed by atoms with E-state index < -0.39 is 21.4 Å². The third-order valence-corrected chi connectivity index (χ3v) is 7.56. The highest BCUT2D eigenvalue weighted by Gasteiger charge is 2.45. The Morgan fingerprint density at radius 2 is 1.17 bits per heavy atom. The Bertz CT molecular complexity index is 1240. The fourth-order valence-electron chi connectivity index (χ4n) is 2.78. The smallest absolute Gasteiger partial charge is 0.518 e. The fourth-order valence-corrected chi connectivity index (χ4v) is 5.31. The van der Waals surface area contributed by atoms with Crippen molar-refractivity contribution in [2.75, 3.05) is 0 Å². The van der Waals surface area contributed by atoms with Crippen molar-refractivity contribution >= 4 is 26.8 Å². The molecule has 10 heteroatoms. The lowest BCUT2D eigenvalue weighted by molar-refractivity contribution is -0.212. The van der Waals surface area contributed by atoms with Gasteiger partial charge in [-0.1, -0.05) is 60.7 Å². The van der Waals surface area contributed by atoms with Crippen molar-refractivity contribution in [3.05, 3.63) is 121 Å². The average molecular weight is 517 g/mol. The summed E-state index contributed by atoms with van der Waals surface area (Å²) in [7, 11) is -5.81. The summed E-state index contributed by atoms with van der Waals surface area (Å²) in [5.41, 5.74) is -5.92. The molecule has 4 aromatic rings. The van der Waals surface area contributed by atoms with Gasteiger partial charge in [0, 0.05) is 23.9 Å². The van der Waals surface area contributed by atoms with E-state index in [1.54, 1.807) is 0 Å². The first-order valence-electron chi connectivity index (χ1n) is 10.1. The van der Waals surface area contributed by atoms with Crippen molar-refractivity contribution in [3.63, 3.8) is 0 Å². The molecule has 0 aliphatic carbocycles. The van der Waals surface area contributed by atoms with Crippen molar-refractivity contribution in [2.24, 2.45) is 4.40 Å². The highest BCUT2D eigenvalue weighted by Crippen LogP contribution is 2.30. The van der Waals surface area contributed by atoms with E-state index in [1.165, 1.54) is 26.9 Å². The molecule has 0 saturated carbocycles. The molecule has 0 radical (unpaired) electrons. The number of hydrogen-bond acceptors (Lipinski definition) is 4. The van der Waals surface area contributed by atoms with Gasteiger partial charge in [-0.15, -0.1) is 0 Å². The maximum Gasteiger partial charge on any atom is 0.518 e. The molecule has 0 fully saturated rings. The Morgan fingerprint density at radius 3 is 1.51 bits per heavy atom. The number of sulfonamides is 1. The van der Waals surface area contributed by atoms with Gasteiger partial charge in [0.15, 0.2) is 14.7 Å². The average Bonchev–Trinajstić information content (AvgIpc) is 2.86. The summed E-state index contributed by atoms with van der Waals surface area (Å²) in [6.45, 7) is 0. The van der Waals surface area contributed by atoms with Crippen LogP contribution in [0.15, 0.2) is 135 Å². The summed E-state index contributed by atoms with van der Waals surface area (Å²) in [4.78, 5) is 7.52. The van der Waals surface area contributed by atoms with Gasteiger partial charge in [0.25, 0.3) is 0 Å². The molecule has 1 heterocycles. The summed E-state index contributed by atoms with van der Waals surface area (Å²) in [6, 6.07) is 34.5. The van der Waals surface area contributed by atoms with Crippen LogP contribution in [0.2, 0.25) is 0 Å². The Hall–Kier alpha value is -3.63. The Kier molecular flexibility index (Phi) is 8.67. The van der Waals surface area contributed by atoms with Gasteiger partial charge in [-0.25, -0.2) is 0 Å². The fraction of sp³-hybridized carbons (Fsp3) is 0.0400. The second-order valence-corrected chi connectivity index (χ2v) is 10.4. The predicted molar refractivity (Wildman–Crippen MR) is 127 cm³/mol. The van der Waals surface area contributed by atoms with Crippen LogP contribution in [0.1, 0.15) is 5.56 Å². The van der Waals surface area contributed by atoms with Crippen molar-refractivity contribution in [1.29, 1.82) is 0 Å². The van der Waals surface area contributed by atoms with Crippen LogP contribution in [0.5, 0.6) is 0 Å². The minimum Gasteiger partial charge on any atom is -0.858 e. The number of aromatic nitrogens is 1. The lowest BCUT2D eigenvalue weighted by Gasteiger charge is -2.10. The quantitative estimate of drug-likeness (QED) is 0.216. The molecule has 0 atom stereocenters. The largest absolute Gasteiger partial charge is 0.858 e. The first kappa shape index (κ1) is 26.0. The van der Waals surface area contributed by atoms with Crippen LogP contribution in [0, 0.1) is 0 Å². The lowest BCUT2D eigenvalue weighted by atomic mass is 10.3. The molecule has 4 rings (SSSR count). The van der Waals surface area contributed by atoms with Crippen molar-refractivity contribution in [3.8, 4) is 0 Å². The molecule has 0 saturated heterocycles. The third-order valence-electron chi connectivity index (χ3n) is 4.34. The molecule has 0 N–H and O–H groups in total. The summed E-state index contributed by atoms with van der Waals surface area (Å²) in [6.07, 6.45) is 2.19. The standard InChI is InChI=1S/C18H15S.C7H5F3N2O3S/c1-4-10-16(11-5-1)19(17-12-6-2-7-13-17)18-14-8-3-9-15-18;8-7(9,10)16(14,15)12-6(13)5-2-1-3-11-4-5/h1-15H;1-4H,(H,12,13)/q+1;/p-1. The van der Waals surface area contributed by atoms with Crippen LogP contribution in [-0.2, 0) is 20.9 Å². The molecule has 0 spiro atoms. The van der Waals surface area contributed by atoms with E-state index in [-0.39, 0.29) is 16.5 Å². The van der Waals surface area contributed by atoms with Crippen LogP contribution in [0.4, 0.5) is 13.2 Å². The zero-order valence-corrected chi connectivity index (χ0v) is 19.7. The zero-order chi connectivity index (χ0) is 25.3. The number of benzene rings is 3. The van der Waals surface area contributed by atoms with E-state index in [0.717, 1.165) is 12.3 Å². The van der Waals surface area contributed by atoms with Crippen LogP contribution in [0.3, 0.4) is 0 Å². The van der Waals surface area contributed by atoms with Gasteiger partial charge in [0.05, 0.1) is 10.9 Å². The molecule has 0 bridgehead atoms. The van der Waals surface area contributed by atoms with E-state index in [1.807, 2.05) is 0 Å². The van der Waals surface area contributed by atoms with E-state index in [9.17, 15) is 26.7 Å². The van der Waals surface area contributed by atoms with Crippen LogP contribution >= 0.6 is 0 Å². The Balaban J connectivity index is 0.000000199. The first-order valence-corrected chi connectivity index (χ1v) is 12.7. The number of hydrogen-bond donors (Lipinski definition) is 0. The van der Waals surface area contributed by atoms with Crippen LogP contribution < -0.4 is 5.11 Å². The molecular weight excluding hydrogens is 497 g/mol. The van der Waals surface area contributed by atoms with Crippen molar-refractivity contribution in [1.82, 2.24) is 4.98 Å². The SMILES string of the molecule is O=S(=O)(N=C([O-])c1cccnc1)C(F)(F)F.c1ccc([S+](c2ccccc2)c2ccccc2)cc1. The predicted octanol–water partition coefficient (Wildman–Crippen LogP) is 4.82. The van der Waals surface area contributed by atoms with Crippen LogP contribution in [0.25, 0.3) is 0 Å². The molecule has 1 aromatic heterocycles. The topological polar surface area (TPSA) is 82.5 Å². The van der Waals surface area contributed by atoms with E-state index >= 15 is 0 Å². The van der Waals surface area contributed by atoms with E-state index in [2.05, 4.69) is 100 Å². The monoisotopic (exact) mass is 516 g/mol.